The van der Waals surface area contributed by atoms with Gasteiger partial charge in [-0.15, -0.1) is 0 Å². The smallest absolute Gasteiger partial charge is 0.332 e. The molecular weight excluding hydrogens is 118 g/mol. The minimum atomic E-state index is -0.396. The maximum Gasteiger partial charge on any atom is 0.332 e. The van der Waals surface area contributed by atoms with Gasteiger partial charge in [-0.1, -0.05) is 0 Å². The summed E-state index contributed by atoms with van der Waals surface area (Å²) in [7, 11) is 0. The molecule has 0 heterocycles. The van der Waals surface area contributed by atoms with Gasteiger partial charge in [0.1, 0.15) is 0 Å². The van der Waals surface area contributed by atoms with Crippen molar-refractivity contribution in [2.45, 2.75) is 20.0 Å². The minimum absolute atomic E-state index is 0.0753. The topological polar surface area (TPSA) is 52.3 Å². The van der Waals surface area contributed by atoms with Gasteiger partial charge in [0.15, 0.2) is 0 Å². The fraction of sp³-hybridized carbons (Fsp3) is 0.500. The van der Waals surface area contributed by atoms with Gasteiger partial charge in [-0.3, -0.25) is 0 Å². The average molecular weight is 129 g/mol. The normalized spacial score (nSPS) is 10.6. The summed E-state index contributed by atoms with van der Waals surface area (Å²) in [5.74, 6) is -0.396. The molecule has 0 aromatic carbocycles. The van der Waals surface area contributed by atoms with Gasteiger partial charge >= 0.3 is 5.97 Å². The summed E-state index contributed by atoms with van der Waals surface area (Å²) in [5, 5.41) is 0. The highest BCUT2D eigenvalue weighted by Crippen LogP contribution is 1.88. The number of hydrogen-bond acceptors (Lipinski definition) is 3. The molecule has 52 valence electrons. The molecule has 0 aliphatic rings. The van der Waals surface area contributed by atoms with Gasteiger partial charge in [0.05, 0.1) is 6.10 Å². The molecule has 0 aliphatic carbocycles. The van der Waals surface area contributed by atoms with Gasteiger partial charge in [-0.05, 0) is 13.8 Å². The van der Waals surface area contributed by atoms with Crippen molar-refractivity contribution in [2.75, 3.05) is 0 Å². The van der Waals surface area contributed by atoms with Crippen molar-refractivity contribution in [1.29, 1.82) is 0 Å². The highest BCUT2D eigenvalue weighted by atomic mass is 16.5. The van der Waals surface area contributed by atoms with E-state index < -0.39 is 5.97 Å². The van der Waals surface area contributed by atoms with Gasteiger partial charge in [-0.25, -0.2) is 4.79 Å². The van der Waals surface area contributed by atoms with E-state index in [2.05, 4.69) is 4.74 Å². The minimum Gasteiger partial charge on any atom is -0.460 e. The third-order valence-corrected chi connectivity index (χ3v) is 0.584. The second-order valence-corrected chi connectivity index (χ2v) is 1.84. The Morgan fingerprint density at radius 3 is 2.56 bits per heavy atom. The predicted octanol–water partition coefficient (Wildman–Crippen LogP) is 0.410. The molecule has 0 unspecified atom stereocenters. The molecule has 0 spiro atoms. The van der Waals surface area contributed by atoms with E-state index in [0.29, 0.717) is 0 Å². The van der Waals surface area contributed by atoms with Crippen molar-refractivity contribution in [1.82, 2.24) is 0 Å². The van der Waals surface area contributed by atoms with Gasteiger partial charge in [0, 0.05) is 12.3 Å². The molecular formula is C6H11NO2. The SMILES string of the molecule is CC(C)OC(=O)C=CN. The van der Waals surface area contributed by atoms with E-state index in [4.69, 9.17) is 5.73 Å². The van der Waals surface area contributed by atoms with Crippen LogP contribution < -0.4 is 5.73 Å². The number of carbonyl (C=O) groups excluding carboxylic acids is 1. The van der Waals surface area contributed by atoms with Crippen molar-refractivity contribution in [3.05, 3.63) is 12.3 Å². The Bertz CT molecular complexity index is 118. The fourth-order valence-electron chi connectivity index (χ4n) is 0.350. The first-order chi connectivity index (χ1) is 4.16. The van der Waals surface area contributed by atoms with Crippen LogP contribution in [0.15, 0.2) is 12.3 Å². The molecule has 0 aromatic heterocycles. The van der Waals surface area contributed by atoms with Crippen molar-refractivity contribution >= 4 is 5.97 Å². The van der Waals surface area contributed by atoms with E-state index in [1.54, 1.807) is 13.8 Å². The molecule has 0 radical (unpaired) electrons. The lowest BCUT2D eigenvalue weighted by molar-refractivity contribution is -0.141. The number of hydrogen-bond donors (Lipinski definition) is 1. The zero-order valence-corrected chi connectivity index (χ0v) is 5.63. The maximum atomic E-state index is 10.5. The Morgan fingerprint density at radius 1 is 1.67 bits per heavy atom. The monoisotopic (exact) mass is 129 g/mol. The number of esters is 1. The molecule has 0 bridgehead atoms. The number of ether oxygens (including phenoxy) is 1. The van der Waals surface area contributed by atoms with Crippen LogP contribution in [-0.4, -0.2) is 12.1 Å². The van der Waals surface area contributed by atoms with Gasteiger partial charge < -0.3 is 10.5 Å². The van der Waals surface area contributed by atoms with Crippen molar-refractivity contribution in [2.24, 2.45) is 5.73 Å². The number of rotatable bonds is 2. The fourth-order valence-corrected chi connectivity index (χ4v) is 0.350. The Morgan fingerprint density at radius 2 is 2.22 bits per heavy atom. The Hall–Kier alpha value is -0.990. The van der Waals surface area contributed by atoms with Crippen LogP contribution in [0.25, 0.3) is 0 Å². The number of carbonyl (C=O) groups is 1. The lowest BCUT2D eigenvalue weighted by atomic mass is 10.5. The van der Waals surface area contributed by atoms with Crippen LogP contribution >= 0.6 is 0 Å². The standard InChI is InChI=1S/C6H11NO2/c1-5(2)9-6(8)3-4-7/h3-5H,7H2,1-2H3. The Kier molecular flexibility index (Phi) is 3.51. The summed E-state index contributed by atoms with van der Waals surface area (Å²) >= 11 is 0. The largest absolute Gasteiger partial charge is 0.460 e. The molecule has 3 heteroatoms. The van der Waals surface area contributed by atoms with Crippen LogP contribution in [0.5, 0.6) is 0 Å². The number of nitrogens with two attached hydrogens (primary N) is 1. The first-order valence-corrected chi connectivity index (χ1v) is 2.75. The lowest BCUT2D eigenvalue weighted by Gasteiger charge is -2.02. The first kappa shape index (κ1) is 8.01. The molecule has 0 saturated carbocycles. The quantitative estimate of drug-likeness (QED) is 0.434. The molecule has 2 N–H and O–H groups in total. The van der Waals surface area contributed by atoms with Crippen LogP contribution in [-0.2, 0) is 9.53 Å². The maximum absolute atomic E-state index is 10.5. The van der Waals surface area contributed by atoms with Crippen LogP contribution in [0.4, 0.5) is 0 Å². The van der Waals surface area contributed by atoms with Crippen molar-refractivity contribution in [3.63, 3.8) is 0 Å². The van der Waals surface area contributed by atoms with Gasteiger partial charge in [0.2, 0.25) is 0 Å². The first-order valence-electron chi connectivity index (χ1n) is 2.75. The molecule has 0 amide bonds. The van der Waals surface area contributed by atoms with Crippen LogP contribution in [0.1, 0.15) is 13.8 Å². The van der Waals surface area contributed by atoms with Crippen molar-refractivity contribution < 1.29 is 9.53 Å². The van der Waals surface area contributed by atoms with Crippen LogP contribution in [0.3, 0.4) is 0 Å². The molecule has 9 heavy (non-hydrogen) atoms. The second-order valence-electron chi connectivity index (χ2n) is 1.84. The molecule has 0 aliphatic heterocycles. The van der Waals surface area contributed by atoms with Crippen LogP contribution in [0.2, 0.25) is 0 Å². The zero-order chi connectivity index (χ0) is 7.28. The zero-order valence-electron chi connectivity index (χ0n) is 5.63. The van der Waals surface area contributed by atoms with Crippen LogP contribution in [0, 0.1) is 0 Å². The molecule has 0 aromatic rings. The van der Waals surface area contributed by atoms with Crippen molar-refractivity contribution in [3.8, 4) is 0 Å². The molecule has 3 nitrogen and oxygen atoms in total. The average Bonchev–Trinajstić information content (AvgIpc) is 1.63. The second kappa shape index (κ2) is 3.95. The summed E-state index contributed by atoms with van der Waals surface area (Å²) in [6.07, 6.45) is 2.26. The van der Waals surface area contributed by atoms with E-state index in [1.807, 2.05) is 0 Å². The Balaban J connectivity index is 3.51. The predicted molar refractivity (Wildman–Crippen MR) is 34.6 cm³/mol. The molecule has 0 fully saturated rings. The van der Waals surface area contributed by atoms with E-state index in [0.717, 1.165) is 6.20 Å². The van der Waals surface area contributed by atoms with E-state index in [-0.39, 0.29) is 6.10 Å². The summed E-state index contributed by atoms with van der Waals surface area (Å²) < 4.78 is 4.68. The Labute approximate surface area is 54.5 Å². The molecule has 0 saturated heterocycles. The highest BCUT2D eigenvalue weighted by Gasteiger charge is 1.97. The van der Waals surface area contributed by atoms with E-state index >= 15 is 0 Å². The molecule has 0 atom stereocenters. The lowest BCUT2D eigenvalue weighted by Crippen LogP contribution is -2.08. The third-order valence-electron chi connectivity index (χ3n) is 0.584. The van der Waals surface area contributed by atoms with Gasteiger partial charge in [0.25, 0.3) is 0 Å². The highest BCUT2D eigenvalue weighted by molar-refractivity contribution is 5.81. The van der Waals surface area contributed by atoms with E-state index in [1.165, 1.54) is 6.08 Å². The summed E-state index contributed by atoms with van der Waals surface area (Å²) in [6.45, 7) is 3.56. The van der Waals surface area contributed by atoms with E-state index in [9.17, 15) is 4.79 Å². The summed E-state index contributed by atoms with van der Waals surface area (Å²) in [5.41, 5.74) is 4.92. The van der Waals surface area contributed by atoms with Gasteiger partial charge in [-0.2, -0.15) is 0 Å². The third kappa shape index (κ3) is 4.87. The summed E-state index contributed by atoms with van der Waals surface area (Å²) in [6, 6.07) is 0. The summed E-state index contributed by atoms with van der Waals surface area (Å²) in [4.78, 5) is 10.5. The molecule has 0 rings (SSSR count).